The zero-order valence-electron chi connectivity index (χ0n) is 5.53. The van der Waals surface area contributed by atoms with Gasteiger partial charge in [0.2, 0.25) is 5.91 Å². The number of nitrogens with zero attached hydrogens (tertiary/aromatic N) is 1. The van der Waals surface area contributed by atoms with E-state index in [2.05, 4.69) is 5.32 Å². The molecule has 0 saturated carbocycles. The third-order valence-electron chi connectivity index (χ3n) is 1.27. The van der Waals surface area contributed by atoms with E-state index >= 15 is 0 Å². The monoisotopic (exact) mass is 158 g/mol. The molecule has 3 amide bonds. The van der Waals surface area contributed by atoms with Crippen molar-refractivity contribution < 1.29 is 19.5 Å². The molecule has 60 valence electrons. The van der Waals surface area contributed by atoms with Crippen LogP contribution in [-0.2, 0) is 9.59 Å². The Morgan fingerprint density at radius 2 is 2.18 bits per heavy atom. The molecule has 1 fully saturated rings. The molecule has 1 heterocycles. The summed E-state index contributed by atoms with van der Waals surface area (Å²) in [5.74, 6) is -1.05. The molecule has 0 spiro atoms. The van der Waals surface area contributed by atoms with Crippen LogP contribution in [0.15, 0.2) is 0 Å². The Kier molecular flexibility index (Phi) is 1.75. The van der Waals surface area contributed by atoms with E-state index in [9.17, 15) is 14.4 Å². The number of imide groups is 1. The summed E-state index contributed by atoms with van der Waals surface area (Å²) < 4.78 is 0. The standard InChI is InChI=1S/C5H6N2O4/c8-3-2-7(5(10)11)4(9)1-6-3/h1-2H2,(H,6,8)(H,10,11). The lowest BCUT2D eigenvalue weighted by molar-refractivity contribution is -0.138. The molecule has 0 unspecified atom stereocenters. The quantitative estimate of drug-likeness (QED) is 0.455. The van der Waals surface area contributed by atoms with Gasteiger partial charge in [-0.05, 0) is 0 Å². The lowest BCUT2D eigenvalue weighted by Crippen LogP contribution is -2.53. The smallest absolute Gasteiger partial charge is 0.414 e. The predicted molar refractivity (Wildman–Crippen MR) is 32.7 cm³/mol. The highest BCUT2D eigenvalue weighted by Gasteiger charge is 2.27. The van der Waals surface area contributed by atoms with Crippen LogP contribution in [0.2, 0.25) is 0 Å². The van der Waals surface area contributed by atoms with E-state index in [1.807, 2.05) is 0 Å². The van der Waals surface area contributed by atoms with Crippen LogP contribution in [0.4, 0.5) is 4.79 Å². The second-order valence-corrected chi connectivity index (χ2v) is 2.04. The molecule has 0 aromatic carbocycles. The average Bonchev–Trinajstić information content (AvgIpc) is 1.94. The summed E-state index contributed by atoms with van der Waals surface area (Å²) in [6.45, 7) is -0.626. The van der Waals surface area contributed by atoms with Crippen LogP contribution in [0.25, 0.3) is 0 Å². The molecule has 0 aromatic rings. The van der Waals surface area contributed by atoms with Crippen LogP contribution >= 0.6 is 0 Å². The third kappa shape index (κ3) is 1.46. The highest BCUT2D eigenvalue weighted by molar-refractivity contribution is 6.00. The maximum Gasteiger partial charge on any atom is 0.414 e. The van der Waals surface area contributed by atoms with Crippen molar-refractivity contribution in [3.8, 4) is 0 Å². The van der Waals surface area contributed by atoms with E-state index in [0.717, 1.165) is 0 Å². The van der Waals surface area contributed by atoms with E-state index in [1.54, 1.807) is 0 Å². The lowest BCUT2D eigenvalue weighted by atomic mass is 10.4. The van der Waals surface area contributed by atoms with Crippen LogP contribution in [-0.4, -0.2) is 41.0 Å². The van der Waals surface area contributed by atoms with Crippen molar-refractivity contribution in [3.63, 3.8) is 0 Å². The first-order valence-corrected chi connectivity index (χ1v) is 2.91. The molecule has 1 saturated heterocycles. The van der Waals surface area contributed by atoms with Gasteiger partial charge in [0.25, 0.3) is 5.91 Å². The molecule has 0 aliphatic carbocycles. The van der Waals surface area contributed by atoms with Gasteiger partial charge in [0.1, 0.15) is 6.54 Å². The van der Waals surface area contributed by atoms with Gasteiger partial charge in [0, 0.05) is 0 Å². The number of amides is 3. The molecule has 0 bridgehead atoms. The number of nitrogens with one attached hydrogen (secondary N) is 1. The van der Waals surface area contributed by atoms with Crippen LogP contribution in [0, 0.1) is 0 Å². The van der Waals surface area contributed by atoms with Gasteiger partial charge < -0.3 is 10.4 Å². The van der Waals surface area contributed by atoms with Crippen molar-refractivity contribution in [3.05, 3.63) is 0 Å². The topological polar surface area (TPSA) is 86.7 Å². The minimum atomic E-state index is -1.38. The van der Waals surface area contributed by atoms with E-state index in [0.29, 0.717) is 4.90 Å². The van der Waals surface area contributed by atoms with Gasteiger partial charge >= 0.3 is 6.09 Å². The second-order valence-electron chi connectivity index (χ2n) is 2.04. The number of carbonyl (C=O) groups excluding carboxylic acids is 2. The molecule has 1 aliphatic heterocycles. The summed E-state index contributed by atoms with van der Waals surface area (Å²) >= 11 is 0. The molecule has 0 atom stereocenters. The molecule has 1 rings (SSSR count). The Hall–Kier alpha value is -1.59. The second kappa shape index (κ2) is 2.57. The highest BCUT2D eigenvalue weighted by Crippen LogP contribution is 1.94. The van der Waals surface area contributed by atoms with Gasteiger partial charge in [0.05, 0.1) is 6.54 Å². The summed E-state index contributed by atoms with van der Waals surface area (Å²) in [6.07, 6.45) is -1.38. The van der Waals surface area contributed by atoms with E-state index in [1.165, 1.54) is 0 Å². The summed E-state index contributed by atoms with van der Waals surface area (Å²) in [7, 11) is 0. The van der Waals surface area contributed by atoms with Gasteiger partial charge in [-0.3, -0.25) is 9.59 Å². The Balaban J connectivity index is 2.69. The lowest BCUT2D eigenvalue weighted by Gasteiger charge is -2.21. The average molecular weight is 158 g/mol. The first-order chi connectivity index (χ1) is 5.11. The van der Waals surface area contributed by atoms with Gasteiger partial charge in [-0.15, -0.1) is 0 Å². The van der Waals surface area contributed by atoms with Gasteiger partial charge in [0.15, 0.2) is 0 Å². The van der Waals surface area contributed by atoms with Gasteiger partial charge in [-0.1, -0.05) is 0 Å². The number of hydrogen-bond acceptors (Lipinski definition) is 3. The van der Waals surface area contributed by atoms with Crippen molar-refractivity contribution in [2.45, 2.75) is 0 Å². The Bertz CT molecular complexity index is 225. The summed E-state index contributed by atoms with van der Waals surface area (Å²) in [4.78, 5) is 32.0. The molecule has 6 nitrogen and oxygen atoms in total. The molecule has 0 radical (unpaired) electrons. The molecule has 2 N–H and O–H groups in total. The highest BCUT2D eigenvalue weighted by atomic mass is 16.4. The minimum Gasteiger partial charge on any atom is -0.465 e. The summed E-state index contributed by atoms with van der Waals surface area (Å²) in [5.41, 5.74) is 0. The first kappa shape index (κ1) is 7.52. The van der Waals surface area contributed by atoms with Crippen LogP contribution in [0.5, 0.6) is 0 Å². The fourth-order valence-electron chi connectivity index (χ4n) is 0.732. The number of hydrogen-bond donors (Lipinski definition) is 2. The van der Waals surface area contributed by atoms with Gasteiger partial charge in [-0.25, -0.2) is 9.69 Å². The largest absolute Gasteiger partial charge is 0.465 e. The number of carbonyl (C=O) groups is 3. The molecule has 11 heavy (non-hydrogen) atoms. The molecular weight excluding hydrogens is 152 g/mol. The van der Waals surface area contributed by atoms with Crippen LogP contribution in [0.1, 0.15) is 0 Å². The molecule has 1 aliphatic rings. The molecular formula is C5H6N2O4. The maximum absolute atomic E-state index is 10.7. The van der Waals surface area contributed by atoms with E-state index < -0.39 is 24.5 Å². The Morgan fingerprint density at radius 1 is 1.55 bits per heavy atom. The van der Waals surface area contributed by atoms with Gasteiger partial charge in [-0.2, -0.15) is 0 Å². The third-order valence-corrected chi connectivity index (χ3v) is 1.27. The summed E-state index contributed by atoms with van der Waals surface area (Å²) in [5, 5.41) is 10.6. The molecule has 0 aromatic heterocycles. The van der Waals surface area contributed by atoms with Crippen molar-refractivity contribution in [1.29, 1.82) is 0 Å². The van der Waals surface area contributed by atoms with Crippen molar-refractivity contribution in [2.24, 2.45) is 0 Å². The van der Waals surface area contributed by atoms with E-state index in [-0.39, 0.29) is 6.54 Å². The fourth-order valence-corrected chi connectivity index (χ4v) is 0.732. The Morgan fingerprint density at radius 3 is 2.64 bits per heavy atom. The van der Waals surface area contributed by atoms with Crippen LogP contribution < -0.4 is 5.32 Å². The number of piperazine rings is 1. The van der Waals surface area contributed by atoms with E-state index in [4.69, 9.17) is 5.11 Å². The summed E-state index contributed by atoms with van der Waals surface area (Å²) in [6, 6.07) is 0. The van der Waals surface area contributed by atoms with Crippen molar-refractivity contribution in [1.82, 2.24) is 10.2 Å². The van der Waals surface area contributed by atoms with Crippen molar-refractivity contribution in [2.75, 3.05) is 13.1 Å². The van der Waals surface area contributed by atoms with Crippen LogP contribution in [0.3, 0.4) is 0 Å². The molecule has 6 heteroatoms. The predicted octanol–water partition coefficient (Wildman–Crippen LogP) is -1.38. The normalized spacial score (nSPS) is 18.0. The Labute approximate surface area is 61.8 Å². The number of rotatable bonds is 0. The maximum atomic E-state index is 10.7. The zero-order chi connectivity index (χ0) is 8.43. The minimum absolute atomic E-state index is 0.231. The number of carboxylic acid groups (broad SMARTS) is 1. The zero-order valence-corrected chi connectivity index (χ0v) is 5.53. The fraction of sp³-hybridized carbons (Fsp3) is 0.400. The SMILES string of the molecule is O=C1CN(C(=O)O)C(=O)CN1. The van der Waals surface area contributed by atoms with Crippen molar-refractivity contribution >= 4 is 17.9 Å². The first-order valence-electron chi connectivity index (χ1n) is 2.91.